The molecule has 0 heterocycles. The highest BCUT2D eigenvalue weighted by molar-refractivity contribution is 6.09. The van der Waals surface area contributed by atoms with Gasteiger partial charge in [-0.3, -0.25) is 0 Å². The molecule has 3 aromatic carbocycles. The van der Waals surface area contributed by atoms with Crippen molar-refractivity contribution in [1.82, 2.24) is 0 Å². The molecule has 0 fully saturated rings. The van der Waals surface area contributed by atoms with E-state index in [1.54, 1.807) is 6.07 Å². The van der Waals surface area contributed by atoms with E-state index in [-0.39, 0.29) is 11.1 Å². The third-order valence-electron chi connectivity index (χ3n) is 4.18. The number of methoxy groups -OCH3 is 1. The number of carboxylic acid groups (broad SMARTS) is 1. The number of benzene rings is 3. The van der Waals surface area contributed by atoms with Gasteiger partial charge in [0.25, 0.3) is 0 Å². The number of hydrogen-bond acceptors (Lipinski definition) is 4. The first-order valence-corrected chi connectivity index (χ1v) is 7.72. The Balaban J connectivity index is 2.41. The molecule has 5 heteroatoms. The Bertz CT molecular complexity index is 951. The molecule has 0 spiro atoms. The Morgan fingerprint density at radius 1 is 1.04 bits per heavy atom. The second kappa shape index (κ2) is 6.75. The summed E-state index contributed by atoms with van der Waals surface area (Å²) in [6.45, 7) is 0. The van der Waals surface area contributed by atoms with Gasteiger partial charge in [-0.05, 0) is 28.0 Å². The highest BCUT2D eigenvalue weighted by atomic mass is 16.5. The lowest BCUT2D eigenvalue weighted by Gasteiger charge is -2.20. The van der Waals surface area contributed by atoms with Gasteiger partial charge in [0.15, 0.2) is 0 Å². The van der Waals surface area contributed by atoms with Gasteiger partial charge in [0, 0.05) is 0 Å². The van der Waals surface area contributed by atoms with Crippen LogP contribution in [0.3, 0.4) is 0 Å². The van der Waals surface area contributed by atoms with E-state index in [9.17, 15) is 14.7 Å². The number of esters is 1. The zero-order valence-electron chi connectivity index (χ0n) is 13.6. The van der Waals surface area contributed by atoms with Crippen LogP contribution < -0.4 is 5.73 Å². The van der Waals surface area contributed by atoms with Crippen molar-refractivity contribution in [3.63, 3.8) is 0 Å². The van der Waals surface area contributed by atoms with Crippen molar-refractivity contribution in [3.05, 3.63) is 82.9 Å². The normalized spacial score (nSPS) is 11.9. The molecule has 0 bridgehead atoms. The van der Waals surface area contributed by atoms with Gasteiger partial charge in [-0.25, -0.2) is 9.59 Å². The number of carbonyl (C=O) groups excluding carboxylic acids is 1. The van der Waals surface area contributed by atoms with E-state index in [2.05, 4.69) is 0 Å². The summed E-state index contributed by atoms with van der Waals surface area (Å²) in [6, 6.07) is 17.3. The second-order valence-electron chi connectivity index (χ2n) is 5.62. The molecule has 0 aromatic heterocycles. The Kier molecular flexibility index (Phi) is 4.50. The zero-order valence-corrected chi connectivity index (χ0v) is 13.6. The van der Waals surface area contributed by atoms with Gasteiger partial charge in [0.2, 0.25) is 0 Å². The number of fused-ring (bicyclic) bond motifs is 1. The fraction of sp³-hybridized carbons (Fsp3) is 0.100. The molecule has 126 valence electrons. The van der Waals surface area contributed by atoms with Crippen LogP contribution in [-0.2, 0) is 4.74 Å². The molecule has 3 aromatic rings. The molecule has 0 aliphatic heterocycles. The Labute approximate surface area is 144 Å². The summed E-state index contributed by atoms with van der Waals surface area (Å²) in [6.07, 6.45) is 0. The predicted molar refractivity (Wildman–Crippen MR) is 94.7 cm³/mol. The Morgan fingerprint density at radius 3 is 2.32 bits per heavy atom. The minimum absolute atomic E-state index is 0.00921. The number of rotatable bonds is 4. The summed E-state index contributed by atoms with van der Waals surface area (Å²) in [4.78, 5) is 24.1. The summed E-state index contributed by atoms with van der Waals surface area (Å²) in [5.74, 6) is -1.92. The molecule has 1 unspecified atom stereocenters. The van der Waals surface area contributed by atoms with Gasteiger partial charge in [-0.2, -0.15) is 0 Å². The minimum Gasteiger partial charge on any atom is -0.478 e. The van der Waals surface area contributed by atoms with Crippen LogP contribution >= 0.6 is 0 Å². The number of ether oxygens (including phenoxy) is 1. The van der Waals surface area contributed by atoms with Crippen LogP contribution in [0.25, 0.3) is 10.8 Å². The van der Waals surface area contributed by atoms with E-state index in [1.807, 2.05) is 48.5 Å². The van der Waals surface area contributed by atoms with Crippen LogP contribution in [0, 0.1) is 0 Å². The molecule has 0 aliphatic carbocycles. The van der Waals surface area contributed by atoms with Crippen molar-refractivity contribution in [2.24, 2.45) is 5.73 Å². The summed E-state index contributed by atoms with van der Waals surface area (Å²) in [5.41, 5.74) is 7.55. The molecular formula is C20H17NO4. The van der Waals surface area contributed by atoms with Crippen LogP contribution in [0.1, 0.15) is 37.9 Å². The monoisotopic (exact) mass is 335 g/mol. The maximum absolute atomic E-state index is 12.4. The molecule has 0 saturated heterocycles. The fourth-order valence-electron chi connectivity index (χ4n) is 3.02. The van der Waals surface area contributed by atoms with Crippen LogP contribution in [0.4, 0.5) is 0 Å². The number of aromatic carboxylic acids is 1. The number of carboxylic acids is 1. The number of hydrogen-bond donors (Lipinski definition) is 2. The topological polar surface area (TPSA) is 89.6 Å². The molecule has 3 N–H and O–H groups in total. The highest BCUT2D eigenvalue weighted by Crippen LogP contribution is 2.33. The van der Waals surface area contributed by atoms with Crippen LogP contribution in [-0.4, -0.2) is 24.2 Å². The Morgan fingerprint density at radius 2 is 1.68 bits per heavy atom. The van der Waals surface area contributed by atoms with Crippen molar-refractivity contribution in [2.45, 2.75) is 6.04 Å². The minimum atomic E-state index is -1.20. The van der Waals surface area contributed by atoms with Crippen LogP contribution in [0.2, 0.25) is 0 Å². The molecule has 1 atom stereocenters. The molecule has 0 saturated carbocycles. The van der Waals surface area contributed by atoms with Crippen LogP contribution in [0.5, 0.6) is 0 Å². The number of nitrogens with two attached hydrogens (primary N) is 1. The van der Waals surface area contributed by atoms with E-state index >= 15 is 0 Å². The van der Waals surface area contributed by atoms with E-state index in [0.29, 0.717) is 10.9 Å². The molecule has 0 amide bonds. The van der Waals surface area contributed by atoms with E-state index in [4.69, 9.17) is 10.5 Å². The van der Waals surface area contributed by atoms with Crippen molar-refractivity contribution in [3.8, 4) is 0 Å². The maximum atomic E-state index is 12.4. The standard InChI is InChI=1S/C20H17NO4/c1-25-20(24)17-15(19(22)23)11-13-9-5-6-10-14(13)16(17)18(21)12-7-3-2-4-8-12/h2-11,18H,21H2,1H3,(H,22,23). The van der Waals surface area contributed by atoms with Gasteiger partial charge in [0.1, 0.15) is 0 Å². The highest BCUT2D eigenvalue weighted by Gasteiger charge is 2.27. The van der Waals surface area contributed by atoms with Crippen molar-refractivity contribution in [1.29, 1.82) is 0 Å². The summed E-state index contributed by atoms with van der Waals surface area (Å²) >= 11 is 0. The van der Waals surface area contributed by atoms with E-state index in [0.717, 1.165) is 10.9 Å². The second-order valence-corrected chi connectivity index (χ2v) is 5.62. The first-order chi connectivity index (χ1) is 12.0. The van der Waals surface area contributed by atoms with Gasteiger partial charge < -0.3 is 15.6 Å². The average molecular weight is 335 g/mol. The van der Waals surface area contributed by atoms with Gasteiger partial charge in [-0.15, -0.1) is 0 Å². The quantitative estimate of drug-likeness (QED) is 0.714. The molecule has 3 rings (SSSR count). The lowest BCUT2D eigenvalue weighted by Crippen LogP contribution is -2.21. The maximum Gasteiger partial charge on any atom is 0.339 e. The fourth-order valence-corrected chi connectivity index (χ4v) is 3.02. The van der Waals surface area contributed by atoms with Crippen LogP contribution in [0.15, 0.2) is 60.7 Å². The third-order valence-corrected chi connectivity index (χ3v) is 4.18. The van der Waals surface area contributed by atoms with Gasteiger partial charge in [0.05, 0.1) is 24.3 Å². The van der Waals surface area contributed by atoms with Gasteiger partial charge in [-0.1, -0.05) is 54.6 Å². The van der Waals surface area contributed by atoms with E-state index < -0.39 is 18.0 Å². The molecule has 25 heavy (non-hydrogen) atoms. The third kappa shape index (κ3) is 2.97. The first-order valence-electron chi connectivity index (χ1n) is 7.72. The molecule has 5 nitrogen and oxygen atoms in total. The van der Waals surface area contributed by atoms with Gasteiger partial charge >= 0.3 is 11.9 Å². The summed E-state index contributed by atoms with van der Waals surface area (Å²) < 4.78 is 4.84. The van der Waals surface area contributed by atoms with E-state index in [1.165, 1.54) is 13.2 Å². The average Bonchev–Trinajstić information content (AvgIpc) is 2.65. The smallest absolute Gasteiger partial charge is 0.339 e. The lowest BCUT2D eigenvalue weighted by molar-refractivity contribution is 0.0581. The summed E-state index contributed by atoms with van der Waals surface area (Å²) in [7, 11) is 1.22. The number of carbonyl (C=O) groups is 2. The SMILES string of the molecule is COC(=O)c1c(C(=O)O)cc2ccccc2c1C(N)c1ccccc1. The largest absolute Gasteiger partial charge is 0.478 e. The molecule has 0 aliphatic rings. The predicted octanol–water partition coefficient (Wildman–Crippen LogP) is 3.37. The molecule has 0 radical (unpaired) electrons. The zero-order chi connectivity index (χ0) is 18.0. The Hall–Kier alpha value is -3.18. The molecular weight excluding hydrogens is 318 g/mol. The summed E-state index contributed by atoms with van der Waals surface area (Å²) in [5, 5.41) is 11.0. The van der Waals surface area contributed by atoms with Crippen molar-refractivity contribution < 1.29 is 19.4 Å². The van der Waals surface area contributed by atoms with Crippen molar-refractivity contribution in [2.75, 3.05) is 7.11 Å². The lowest BCUT2D eigenvalue weighted by atomic mass is 9.87. The first kappa shape index (κ1) is 16.7. The van der Waals surface area contributed by atoms with Crippen molar-refractivity contribution >= 4 is 22.7 Å².